The standard InChI is InChI=1S/C19H22N2O2/c1-3-15(2)20-18(22)19(23)21(17-12-8-5-9-13-17)14-16-10-6-4-7-11-16/h4-13,15H,3,14H2,1-2H3,(H,20,22). The molecule has 120 valence electrons. The summed E-state index contributed by atoms with van der Waals surface area (Å²) >= 11 is 0. The number of anilines is 1. The molecule has 0 spiro atoms. The van der Waals surface area contributed by atoms with Crippen molar-refractivity contribution in [2.24, 2.45) is 0 Å². The Balaban J connectivity index is 2.23. The van der Waals surface area contributed by atoms with Crippen molar-refractivity contribution in [3.05, 3.63) is 66.2 Å². The quantitative estimate of drug-likeness (QED) is 0.863. The topological polar surface area (TPSA) is 49.4 Å². The van der Waals surface area contributed by atoms with Crippen molar-refractivity contribution in [1.29, 1.82) is 0 Å². The minimum atomic E-state index is -0.570. The van der Waals surface area contributed by atoms with Crippen LogP contribution in [0, 0.1) is 0 Å². The summed E-state index contributed by atoms with van der Waals surface area (Å²) in [6, 6.07) is 18.9. The highest BCUT2D eigenvalue weighted by molar-refractivity contribution is 6.40. The number of hydrogen-bond acceptors (Lipinski definition) is 2. The Morgan fingerprint density at radius 3 is 2.13 bits per heavy atom. The molecule has 0 radical (unpaired) electrons. The molecule has 2 amide bonds. The van der Waals surface area contributed by atoms with Crippen LogP contribution in [0.4, 0.5) is 5.69 Å². The van der Waals surface area contributed by atoms with Crippen LogP contribution >= 0.6 is 0 Å². The molecule has 4 nitrogen and oxygen atoms in total. The molecule has 2 rings (SSSR count). The highest BCUT2D eigenvalue weighted by Gasteiger charge is 2.24. The van der Waals surface area contributed by atoms with Crippen molar-refractivity contribution in [2.75, 3.05) is 4.90 Å². The van der Waals surface area contributed by atoms with Gasteiger partial charge < -0.3 is 5.32 Å². The van der Waals surface area contributed by atoms with Crippen molar-refractivity contribution in [3.63, 3.8) is 0 Å². The van der Waals surface area contributed by atoms with Gasteiger partial charge in [0.15, 0.2) is 0 Å². The van der Waals surface area contributed by atoms with E-state index in [2.05, 4.69) is 5.32 Å². The van der Waals surface area contributed by atoms with Gasteiger partial charge in [0.25, 0.3) is 0 Å². The van der Waals surface area contributed by atoms with E-state index >= 15 is 0 Å². The van der Waals surface area contributed by atoms with E-state index < -0.39 is 11.8 Å². The van der Waals surface area contributed by atoms with E-state index in [9.17, 15) is 9.59 Å². The second-order valence-electron chi connectivity index (χ2n) is 5.50. The molecular formula is C19H22N2O2. The molecule has 0 aromatic heterocycles. The number of benzene rings is 2. The number of nitrogens with one attached hydrogen (secondary N) is 1. The lowest BCUT2D eigenvalue weighted by Crippen LogP contribution is -2.45. The maximum atomic E-state index is 12.6. The van der Waals surface area contributed by atoms with Crippen LogP contribution in [0.25, 0.3) is 0 Å². The molecule has 0 aliphatic heterocycles. The van der Waals surface area contributed by atoms with E-state index in [-0.39, 0.29) is 6.04 Å². The molecule has 2 aromatic carbocycles. The first kappa shape index (κ1) is 16.7. The Bertz CT molecular complexity index is 641. The van der Waals surface area contributed by atoms with E-state index in [0.29, 0.717) is 12.2 Å². The second-order valence-corrected chi connectivity index (χ2v) is 5.50. The fourth-order valence-electron chi connectivity index (χ4n) is 2.16. The fraction of sp³-hybridized carbons (Fsp3) is 0.263. The first-order valence-corrected chi connectivity index (χ1v) is 7.83. The summed E-state index contributed by atoms with van der Waals surface area (Å²) in [5.41, 5.74) is 1.68. The Morgan fingerprint density at radius 2 is 1.57 bits per heavy atom. The summed E-state index contributed by atoms with van der Waals surface area (Å²) in [5.74, 6) is -1.11. The maximum absolute atomic E-state index is 12.6. The van der Waals surface area contributed by atoms with Gasteiger partial charge in [-0.1, -0.05) is 55.5 Å². The van der Waals surface area contributed by atoms with Gasteiger partial charge in [-0.15, -0.1) is 0 Å². The number of hydrogen-bond donors (Lipinski definition) is 1. The van der Waals surface area contributed by atoms with Crippen LogP contribution in [-0.2, 0) is 16.1 Å². The lowest BCUT2D eigenvalue weighted by molar-refractivity contribution is -0.138. The third kappa shape index (κ3) is 4.68. The van der Waals surface area contributed by atoms with E-state index in [0.717, 1.165) is 12.0 Å². The van der Waals surface area contributed by atoms with E-state index in [1.54, 1.807) is 0 Å². The van der Waals surface area contributed by atoms with E-state index in [1.807, 2.05) is 74.5 Å². The predicted octanol–water partition coefficient (Wildman–Crippen LogP) is 3.13. The molecular weight excluding hydrogens is 288 g/mol. The molecule has 0 fully saturated rings. The lowest BCUT2D eigenvalue weighted by atomic mass is 10.2. The lowest BCUT2D eigenvalue weighted by Gasteiger charge is -2.23. The van der Waals surface area contributed by atoms with Crippen molar-refractivity contribution in [2.45, 2.75) is 32.9 Å². The van der Waals surface area contributed by atoms with Crippen molar-refractivity contribution in [1.82, 2.24) is 5.32 Å². The van der Waals surface area contributed by atoms with Crippen LogP contribution in [0.15, 0.2) is 60.7 Å². The second kappa shape index (κ2) is 8.13. The fourth-order valence-corrected chi connectivity index (χ4v) is 2.16. The highest BCUT2D eigenvalue weighted by Crippen LogP contribution is 2.17. The molecule has 1 unspecified atom stereocenters. The molecule has 0 heterocycles. The molecule has 2 aromatic rings. The van der Waals surface area contributed by atoms with Gasteiger partial charge in [0.05, 0.1) is 6.54 Å². The van der Waals surface area contributed by atoms with Crippen molar-refractivity contribution in [3.8, 4) is 0 Å². The molecule has 1 N–H and O–H groups in total. The zero-order valence-electron chi connectivity index (χ0n) is 13.5. The average Bonchev–Trinajstić information content (AvgIpc) is 2.60. The first-order chi connectivity index (χ1) is 11.1. The molecule has 0 saturated carbocycles. The number of nitrogens with zero attached hydrogens (tertiary/aromatic N) is 1. The van der Waals surface area contributed by atoms with Crippen LogP contribution in [0.3, 0.4) is 0 Å². The van der Waals surface area contributed by atoms with Crippen molar-refractivity contribution >= 4 is 17.5 Å². The number of carbonyl (C=O) groups excluding carboxylic acids is 2. The van der Waals surface area contributed by atoms with Gasteiger partial charge in [0.2, 0.25) is 0 Å². The van der Waals surface area contributed by atoms with E-state index in [1.165, 1.54) is 4.90 Å². The zero-order chi connectivity index (χ0) is 16.7. The molecule has 0 bridgehead atoms. The van der Waals surface area contributed by atoms with E-state index in [4.69, 9.17) is 0 Å². The van der Waals surface area contributed by atoms with Gasteiger partial charge in [-0.05, 0) is 31.0 Å². The van der Waals surface area contributed by atoms with Gasteiger partial charge >= 0.3 is 11.8 Å². The number of rotatable bonds is 5. The van der Waals surface area contributed by atoms with Crippen LogP contribution in [-0.4, -0.2) is 17.9 Å². The number of para-hydroxylation sites is 1. The summed E-state index contributed by atoms with van der Waals surface area (Å²) in [6.45, 7) is 4.21. The molecule has 1 atom stereocenters. The molecule has 23 heavy (non-hydrogen) atoms. The largest absolute Gasteiger partial charge is 0.345 e. The molecule has 0 saturated heterocycles. The third-order valence-electron chi connectivity index (χ3n) is 3.68. The minimum absolute atomic E-state index is 0.0270. The van der Waals surface area contributed by atoms with Gasteiger partial charge in [-0.2, -0.15) is 0 Å². The van der Waals surface area contributed by atoms with Crippen LogP contribution in [0.1, 0.15) is 25.8 Å². The predicted molar refractivity (Wildman–Crippen MR) is 92.0 cm³/mol. The Hall–Kier alpha value is -2.62. The summed E-state index contributed by atoms with van der Waals surface area (Å²) in [4.78, 5) is 26.3. The zero-order valence-corrected chi connectivity index (χ0v) is 13.5. The Labute approximate surface area is 137 Å². The van der Waals surface area contributed by atoms with Crippen LogP contribution < -0.4 is 10.2 Å². The first-order valence-electron chi connectivity index (χ1n) is 7.83. The van der Waals surface area contributed by atoms with Gasteiger partial charge in [-0.25, -0.2) is 0 Å². The number of carbonyl (C=O) groups is 2. The van der Waals surface area contributed by atoms with Crippen LogP contribution in [0.5, 0.6) is 0 Å². The van der Waals surface area contributed by atoms with Crippen LogP contribution in [0.2, 0.25) is 0 Å². The normalized spacial score (nSPS) is 11.6. The summed E-state index contributed by atoms with van der Waals surface area (Å²) in [7, 11) is 0. The average molecular weight is 310 g/mol. The molecule has 0 aliphatic rings. The number of amides is 2. The summed E-state index contributed by atoms with van der Waals surface area (Å²) in [6.07, 6.45) is 0.781. The minimum Gasteiger partial charge on any atom is -0.345 e. The Morgan fingerprint density at radius 1 is 1.00 bits per heavy atom. The molecule has 0 aliphatic carbocycles. The van der Waals surface area contributed by atoms with Gasteiger partial charge in [-0.3, -0.25) is 14.5 Å². The van der Waals surface area contributed by atoms with Gasteiger partial charge in [0, 0.05) is 11.7 Å². The van der Waals surface area contributed by atoms with Crippen molar-refractivity contribution < 1.29 is 9.59 Å². The highest BCUT2D eigenvalue weighted by atomic mass is 16.2. The third-order valence-corrected chi connectivity index (χ3v) is 3.68. The summed E-state index contributed by atoms with van der Waals surface area (Å²) < 4.78 is 0. The maximum Gasteiger partial charge on any atom is 0.316 e. The van der Waals surface area contributed by atoms with Gasteiger partial charge in [0.1, 0.15) is 0 Å². The smallest absolute Gasteiger partial charge is 0.316 e. The summed E-state index contributed by atoms with van der Waals surface area (Å²) in [5, 5.41) is 2.74. The molecule has 4 heteroatoms. The Kier molecular flexibility index (Phi) is 5.92. The SMILES string of the molecule is CCC(C)NC(=O)C(=O)N(Cc1ccccc1)c1ccccc1. The monoisotopic (exact) mass is 310 g/mol.